The van der Waals surface area contributed by atoms with Gasteiger partial charge in [-0.25, -0.2) is 4.98 Å². The van der Waals surface area contributed by atoms with Crippen molar-refractivity contribution < 1.29 is 9.53 Å². The molecule has 0 spiro atoms. The van der Waals surface area contributed by atoms with Crippen molar-refractivity contribution in [3.63, 3.8) is 0 Å². The number of aryl methyl sites for hydroxylation is 1. The average molecular weight is 325 g/mol. The summed E-state index contributed by atoms with van der Waals surface area (Å²) in [5, 5.41) is 0. The Labute approximate surface area is 142 Å². The summed E-state index contributed by atoms with van der Waals surface area (Å²) >= 11 is 0. The van der Waals surface area contributed by atoms with E-state index in [1.165, 1.54) is 6.08 Å². The van der Waals surface area contributed by atoms with E-state index in [9.17, 15) is 4.79 Å². The number of carbonyl (C=O) groups is 1. The normalized spacial score (nSPS) is 15.3. The second-order valence-corrected chi connectivity index (χ2v) is 5.91. The van der Waals surface area contributed by atoms with Gasteiger partial charge in [0.2, 0.25) is 5.91 Å². The first-order chi connectivity index (χ1) is 11.7. The van der Waals surface area contributed by atoms with Crippen molar-refractivity contribution >= 4 is 5.91 Å². The number of likely N-dealkylation sites (tertiary alicyclic amines) is 1. The zero-order valence-corrected chi connectivity index (χ0v) is 14.0. The molecule has 0 N–H and O–H groups in total. The summed E-state index contributed by atoms with van der Waals surface area (Å²) in [5.41, 5.74) is 1.05. The van der Waals surface area contributed by atoms with Crippen LogP contribution in [0.1, 0.15) is 19.8 Å². The molecule has 1 aliphatic heterocycles. The highest BCUT2D eigenvalue weighted by atomic mass is 16.5. The molecule has 0 aliphatic carbocycles. The van der Waals surface area contributed by atoms with Crippen LogP contribution in [0.3, 0.4) is 0 Å². The summed E-state index contributed by atoms with van der Waals surface area (Å²) in [6.07, 6.45) is 7.00. The van der Waals surface area contributed by atoms with Crippen LogP contribution in [0.2, 0.25) is 0 Å². The number of nitrogens with zero attached hydrogens (tertiary/aromatic N) is 3. The topological polar surface area (TPSA) is 47.4 Å². The number of aromatic nitrogens is 2. The predicted octanol–water partition coefficient (Wildman–Crippen LogP) is 3.13. The van der Waals surface area contributed by atoms with Gasteiger partial charge >= 0.3 is 0 Å². The summed E-state index contributed by atoms with van der Waals surface area (Å²) in [6, 6.07) is 8.06. The van der Waals surface area contributed by atoms with Crippen molar-refractivity contribution in [3.8, 4) is 17.1 Å². The fourth-order valence-corrected chi connectivity index (χ4v) is 3.05. The molecule has 5 nitrogen and oxygen atoms in total. The molecule has 5 heteroatoms. The molecule has 1 fully saturated rings. The lowest BCUT2D eigenvalue weighted by Crippen LogP contribution is -2.41. The molecule has 0 saturated carbocycles. The number of hydrogen-bond acceptors (Lipinski definition) is 3. The van der Waals surface area contributed by atoms with Crippen LogP contribution in [0.25, 0.3) is 11.4 Å². The molecule has 2 aromatic rings. The van der Waals surface area contributed by atoms with Gasteiger partial charge in [0.25, 0.3) is 0 Å². The average Bonchev–Trinajstić information content (AvgIpc) is 3.11. The minimum Gasteiger partial charge on any atom is -0.490 e. The van der Waals surface area contributed by atoms with Gasteiger partial charge in [0.15, 0.2) is 0 Å². The van der Waals surface area contributed by atoms with Gasteiger partial charge < -0.3 is 14.2 Å². The third-order valence-corrected chi connectivity index (χ3v) is 4.38. The fourth-order valence-electron chi connectivity index (χ4n) is 3.05. The lowest BCUT2D eigenvalue weighted by molar-refractivity contribution is -0.127. The van der Waals surface area contributed by atoms with Gasteiger partial charge in [-0.2, -0.15) is 0 Å². The third kappa shape index (κ3) is 3.50. The highest BCUT2D eigenvalue weighted by molar-refractivity contribution is 5.87. The van der Waals surface area contributed by atoms with Crippen LogP contribution >= 0.6 is 0 Å². The molecule has 1 aromatic carbocycles. The molecule has 0 atom stereocenters. The number of ether oxygens (including phenoxy) is 1. The monoisotopic (exact) mass is 325 g/mol. The molecule has 3 rings (SSSR count). The van der Waals surface area contributed by atoms with Crippen molar-refractivity contribution in [2.45, 2.75) is 32.4 Å². The van der Waals surface area contributed by atoms with E-state index in [1.807, 2.05) is 41.6 Å². The van der Waals surface area contributed by atoms with Crippen molar-refractivity contribution in [3.05, 3.63) is 49.3 Å². The summed E-state index contributed by atoms with van der Waals surface area (Å²) in [4.78, 5) is 17.9. The standard InChI is InChI=1S/C19H23N3O2/c1-3-18(23)22-11-8-16(9-12-22)24-17-7-5-6-15(14-17)19-20-10-13-21(19)4-2/h3,5-7,10,13-14,16H,1,4,8-9,11-12H2,2H3. The van der Waals surface area contributed by atoms with Gasteiger partial charge in [0.05, 0.1) is 0 Å². The smallest absolute Gasteiger partial charge is 0.245 e. The van der Waals surface area contributed by atoms with Gasteiger partial charge in [-0.15, -0.1) is 0 Å². The van der Waals surface area contributed by atoms with Crippen molar-refractivity contribution in [1.29, 1.82) is 0 Å². The summed E-state index contributed by atoms with van der Waals surface area (Å²) in [6.45, 7) is 7.96. The maximum absolute atomic E-state index is 11.6. The van der Waals surface area contributed by atoms with E-state index >= 15 is 0 Å². The molecular formula is C19H23N3O2. The third-order valence-electron chi connectivity index (χ3n) is 4.38. The Bertz CT molecular complexity index is 715. The molecule has 0 unspecified atom stereocenters. The molecule has 1 aliphatic rings. The second kappa shape index (κ2) is 7.34. The Morgan fingerprint density at radius 3 is 2.92 bits per heavy atom. The number of benzene rings is 1. The van der Waals surface area contributed by atoms with Crippen LogP contribution in [-0.2, 0) is 11.3 Å². The molecular weight excluding hydrogens is 302 g/mol. The van der Waals surface area contributed by atoms with Gasteiger partial charge in [0.1, 0.15) is 17.7 Å². The molecule has 0 bridgehead atoms. The molecule has 126 valence electrons. The Morgan fingerprint density at radius 1 is 1.42 bits per heavy atom. The van der Waals surface area contributed by atoms with E-state index in [4.69, 9.17) is 4.74 Å². The van der Waals surface area contributed by atoms with E-state index in [0.717, 1.165) is 49.6 Å². The minimum absolute atomic E-state index is 0.00171. The maximum atomic E-state index is 11.6. The maximum Gasteiger partial charge on any atom is 0.245 e. The molecule has 1 saturated heterocycles. The Balaban J connectivity index is 1.66. The largest absolute Gasteiger partial charge is 0.490 e. The molecule has 0 radical (unpaired) electrons. The predicted molar refractivity (Wildman–Crippen MR) is 93.8 cm³/mol. The van der Waals surface area contributed by atoms with E-state index < -0.39 is 0 Å². The second-order valence-electron chi connectivity index (χ2n) is 5.91. The van der Waals surface area contributed by atoms with Crippen molar-refractivity contribution in [2.24, 2.45) is 0 Å². The van der Waals surface area contributed by atoms with Crippen LogP contribution in [0.5, 0.6) is 5.75 Å². The highest BCUT2D eigenvalue weighted by Crippen LogP contribution is 2.25. The number of imidazole rings is 1. The van der Waals surface area contributed by atoms with Crippen LogP contribution in [0, 0.1) is 0 Å². The lowest BCUT2D eigenvalue weighted by Gasteiger charge is -2.31. The van der Waals surface area contributed by atoms with E-state index in [1.54, 1.807) is 0 Å². The zero-order valence-electron chi connectivity index (χ0n) is 14.0. The van der Waals surface area contributed by atoms with Crippen molar-refractivity contribution in [1.82, 2.24) is 14.5 Å². The molecule has 1 aromatic heterocycles. The Hall–Kier alpha value is -2.56. The minimum atomic E-state index is 0.00171. The zero-order chi connectivity index (χ0) is 16.9. The van der Waals surface area contributed by atoms with Crippen LogP contribution in [-0.4, -0.2) is 39.6 Å². The van der Waals surface area contributed by atoms with Crippen LogP contribution in [0.4, 0.5) is 0 Å². The van der Waals surface area contributed by atoms with Crippen molar-refractivity contribution in [2.75, 3.05) is 13.1 Å². The lowest BCUT2D eigenvalue weighted by atomic mass is 10.1. The summed E-state index contributed by atoms with van der Waals surface area (Å²) in [5.74, 6) is 1.81. The van der Waals surface area contributed by atoms with Crippen LogP contribution < -0.4 is 4.74 Å². The fraction of sp³-hybridized carbons (Fsp3) is 0.368. The van der Waals surface area contributed by atoms with Gasteiger partial charge in [-0.1, -0.05) is 18.7 Å². The van der Waals surface area contributed by atoms with Crippen LogP contribution in [0.15, 0.2) is 49.3 Å². The van der Waals surface area contributed by atoms with Gasteiger partial charge in [-0.05, 0) is 25.1 Å². The number of rotatable bonds is 5. The molecule has 1 amide bonds. The Morgan fingerprint density at radius 2 is 2.21 bits per heavy atom. The molecule has 2 heterocycles. The SMILES string of the molecule is C=CC(=O)N1CCC(Oc2cccc(-c3nccn3CC)c2)CC1. The summed E-state index contributed by atoms with van der Waals surface area (Å²) < 4.78 is 8.24. The number of hydrogen-bond donors (Lipinski definition) is 0. The van der Waals surface area contributed by atoms with E-state index in [-0.39, 0.29) is 12.0 Å². The summed E-state index contributed by atoms with van der Waals surface area (Å²) in [7, 11) is 0. The highest BCUT2D eigenvalue weighted by Gasteiger charge is 2.22. The first-order valence-corrected chi connectivity index (χ1v) is 8.41. The van der Waals surface area contributed by atoms with Gasteiger partial charge in [-0.3, -0.25) is 4.79 Å². The Kier molecular flexibility index (Phi) is 4.99. The van der Waals surface area contributed by atoms with E-state index in [2.05, 4.69) is 23.1 Å². The van der Waals surface area contributed by atoms with Gasteiger partial charge in [0, 0.05) is 50.4 Å². The van der Waals surface area contributed by atoms with E-state index in [0.29, 0.717) is 0 Å². The number of amides is 1. The quantitative estimate of drug-likeness (QED) is 0.794. The number of piperidine rings is 1. The number of carbonyl (C=O) groups excluding carboxylic acids is 1. The first kappa shape index (κ1) is 16.3. The molecule has 24 heavy (non-hydrogen) atoms. The first-order valence-electron chi connectivity index (χ1n) is 8.41.